The number of benzene rings is 1. The number of nitrogen functional groups attached to an aromatic ring is 1. The van der Waals surface area contributed by atoms with Crippen molar-refractivity contribution in [3.05, 3.63) is 42.2 Å². The first-order valence-corrected chi connectivity index (χ1v) is 7.73. The minimum absolute atomic E-state index is 0.146. The first kappa shape index (κ1) is 14.5. The van der Waals surface area contributed by atoms with Crippen molar-refractivity contribution >= 4 is 15.7 Å². The van der Waals surface area contributed by atoms with Gasteiger partial charge < -0.3 is 5.73 Å². The Kier molecular flexibility index (Phi) is 4.10. The van der Waals surface area contributed by atoms with E-state index >= 15 is 0 Å². The molecule has 0 saturated heterocycles. The van der Waals surface area contributed by atoms with Crippen molar-refractivity contribution in [2.24, 2.45) is 0 Å². The smallest absolute Gasteiger partial charge is 0.243 e. The number of nitrogens with one attached hydrogen (secondary N) is 1. The molecule has 1 aromatic heterocycles. The van der Waals surface area contributed by atoms with Crippen molar-refractivity contribution in [2.75, 3.05) is 5.73 Å². The number of hydrogen-bond acceptors (Lipinski definition) is 4. The Hall–Kier alpha value is -1.86. The summed E-state index contributed by atoms with van der Waals surface area (Å²) in [5, 5.41) is 4.05. The molecule has 1 atom stereocenters. The molecule has 0 aliphatic rings. The summed E-state index contributed by atoms with van der Waals surface area (Å²) in [6.07, 6.45) is 3.44. The highest BCUT2D eigenvalue weighted by Gasteiger charge is 2.22. The van der Waals surface area contributed by atoms with Crippen LogP contribution in [-0.2, 0) is 16.6 Å². The number of nitrogens with zero attached hydrogens (tertiary/aromatic N) is 2. The SMILES string of the molecule is Cc1cccc(N)c1S(=O)(=O)NC(C)Cn1cccn1. The van der Waals surface area contributed by atoms with Gasteiger partial charge in [-0.15, -0.1) is 0 Å². The summed E-state index contributed by atoms with van der Waals surface area (Å²) in [7, 11) is -3.64. The summed E-state index contributed by atoms with van der Waals surface area (Å²) in [5.41, 5.74) is 6.66. The zero-order valence-corrected chi connectivity index (χ0v) is 12.3. The minimum atomic E-state index is -3.64. The van der Waals surface area contributed by atoms with Gasteiger partial charge in [-0.25, -0.2) is 13.1 Å². The van der Waals surface area contributed by atoms with Crippen molar-refractivity contribution in [3.8, 4) is 0 Å². The summed E-state index contributed by atoms with van der Waals surface area (Å²) in [5.74, 6) is 0. The van der Waals surface area contributed by atoms with Crippen molar-refractivity contribution in [1.29, 1.82) is 0 Å². The van der Waals surface area contributed by atoms with E-state index in [1.165, 1.54) is 0 Å². The van der Waals surface area contributed by atoms with Gasteiger partial charge in [-0.2, -0.15) is 5.10 Å². The van der Waals surface area contributed by atoms with Gasteiger partial charge in [-0.1, -0.05) is 12.1 Å². The predicted molar refractivity (Wildman–Crippen MR) is 77.6 cm³/mol. The first-order chi connectivity index (χ1) is 9.40. The number of rotatable bonds is 5. The van der Waals surface area contributed by atoms with Crippen LogP contribution in [0.25, 0.3) is 0 Å². The summed E-state index contributed by atoms with van der Waals surface area (Å²) >= 11 is 0. The predicted octanol–water partition coefficient (Wildman–Crippen LogP) is 1.14. The highest BCUT2D eigenvalue weighted by atomic mass is 32.2. The fraction of sp³-hybridized carbons (Fsp3) is 0.308. The van der Waals surface area contributed by atoms with Crippen LogP contribution in [0, 0.1) is 6.92 Å². The highest BCUT2D eigenvalue weighted by Crippen LogP contribution is 2.22. The number of hydrogen-bond donors (Lipinski definition) is 2. The largest absolute Gasteiger partial charge is 0.398 e. The summed E-state index contributed by atoms with van der Waals surface area (Å²) < 4.78 is 29.1. The van der Waals surface area contributed by atoms with Gasteiger partial charge in [0.25, 0.3) is 0 Å². The summed E-state index contributed by atoms with van der Waals surface area (Å²) in [4.78, 5) is 0.146. The average Bonchev–Trinajstić information content (AvgIpc) is 2.79. The van der Waals surface area contributed by atoms with E-state index in [1.54, 1.807) is 55.2 Å². The third kappa shape index (κ3) is 3.17. The van der Waals surface area contributed by atoms with Crippen LogP contribution in [0.3, 0.4) is 0 Å². The van der Waals surface area contributed by atoms with Gasteiger partial charge in [0.1, 0.15) is 4.90 Å². The van der Waals surface area contributed by atoms with E-state index in [0.29, 0.717) is 12.1 Å². The van der Waals surface area contributed by atoms with Crippen molar-refractivity contribution < 1.29 is 8.42 Å². The van der Waals surface area contributed by atoms with Crippen LogP contribution in [0.2, 0.25) is 0 Å². The first-order valence-electron chi connectivity index (χ1n) is 6.25. The van der Waals surface area contributed by atoms with Crippen molar-refractivity contribution in [2.45, 2.75) is 31.3 Å². The van der Waals surface area contributed by atoms with Crippen LogP contribution in [0.15, 0.2) is 41.6 Å². The Labute approximate surface area is 118 Å². The van der Waals surface area contributed by atoms with Gasteiger partial charge in [-0.3, -0.25) is 4.68 Å². The monoisotopic (exact) mass is 294 g/mol. The van der Waals surface area contributed by atoms with Crippen LogP contribution in [0.1, 0.15) is 12.5 Å². The van der Waals surface area contributed by atoms with Gasteiger partial charge in [0.15, 0.2) is 0 Å². The van der Waals surface area contributed by atoms with Crippen LogP contribution in [0.4, 0.5) is 5.69 Å². The lowest BCUT2D eigenvalue weighted by Gasteiger charge is -2.16. The molecule has 1 heterocycles. The third-order valence-electron chi connectivity index (χ3n) is 2.89. The van der Waals surface area contributed by atoms with E-state index in [9.17, 15) is 8.42 Å². The quantitative estimate of drug-likeness (QED) is 0.809. The molecule has 0 radical (unpaired) electrons. The van der Waals surface area contributed by atoms with Gasteiger partial charge >= 0.3 is 0 Å². The minimum Gasteiger partial charge on any atom is -0.398 e. The van der Waals surface area contributed by atoms with E-state index in [2.05, 4.69) is 9.82 Å². The van der Waals surface area contributed by atoms with Crippen molar-refractivity contribution in [1.82, 2.24) is 14.5 Å². The molecule has 20 heavy (non-hydrogen) atoms. The highest BCUT2D eigenvalue weighted by molar-refractivity contribution is 7.89. The molecule has 108 valence electrons. The van der Waals surface area contributed by atoms with Crippen LogP contribution < -0.4 is 10.5 Å². The zero-order valence-electron chi connectivity index (χ0n) is 11.4. The topological polar surface area (TPSA) is 90.0 Å². The van der Waals surface area contributed by atoms with Crippen LogP contribution in [-0.4, -0.2) is 24.2 Å². The maximum atomic E-state index is 12.4. The standard InChI is InChI=1S/C13H18N4O2S/c1-10-5-3-6-12(14)13(10)20(18,19)16-11(2)9-17-8-4-7-15-17/h3-8,11,16H,9,14H2,1-2H3. The molecule has 3 N–H and O–H groups in total. The molecule has 2 rings (SSSR count). The number of aromatic nitrogens is 2. The van der Waals surface area contributed by atoms with E-state index in [4.69, 9.17) is 5.73 Å². The maximum Gasteiger partial charge on any atom is 0.243 e. The molecule has 0 amide bonds. The molecule has 7 heteroatoms. The summed E-state index contributed by atoms with van der Waals surface area (Å²) in [6, 6.07) is 6.54. The van der Waals surface area contributed by atoms with E-state index in [1.807, 2.05) is 0 Å². The Morgan fingerprint density at radius 3 is 2.75 bits per heavy atom. The molecule has 2 aromatic rings. The molecule has 0 bridgehead atoms. The number of aryl methyl sites for hydroxylation is 1. The second-order valence-electron chi connectivity index (χ2n) is 4.74. The van der Waals surface area contributed by atoms with Crippen LogP contribution in [0.5, 0.6) is 0 Å². The molecule has 0 saturated carbocycles. The van der Waals surface area contributed by atoms with Gasteiger partial charge in [0.2, 0.25) is 10.0 Å². The molecular weight excluding hydrogens is 276 g/mol. The molecule has 6 nitrogen and oxygen atoms in total. The van der Waals surface area contributed by atoms with Crippen molar-refractivity contribution in [3.63, 3.8) is 0 Å². The molecule has 0 aliphatic heterocycles. The molecular formula is C13H18N4O2S. The molecule has 0 spiro atoms. The zero-order chi connectivity index (χ0) is 14.8. The molecule has 0 aliphatic carbocycles. The third-order valence-corrected chi connectivity index (χ3v) is 4.70. The Bertz CT molecular complexity index is 660. The van der Waals surface area contributed by atoms with E-state index in [0.717, 1.165) is 0 Å². The fourth-order valence-corrected chi connectivity index (χ4v) is 3.68. The molecule has 1 unspecified atom stereocenters. The lowest BCUT2D eigenvalue weighted by Crippen LogP contribution is -2.36. The molecule has 1 aromatic carbocycles. The fourth-order valence-electron chi connectivity index (χ4n) is 2.09. The van der Waals surface area contributed by atoms with Crippen LogP contribution >= 0.6 is 0 Å². The number of sulfonamides is 1. The van der Waals surface area contributed by atoms with Gasteiger partial charge in [-0.05, 0) is 31.5 Å². The lowest BCUT2D eigenvalue weighted by molar-refractivity contribution is 0.494. The lowest BCUT2D eigenvalue weighted by atomic mass is 10.2. The second-order valence-corrected chi connectivity index (χ2v) is 6.39. The average molecular weight is 294 g/mol. The Morgan fingerprint density at radius 2 is 2.15 bits per heavy atom. The Morgan fingerprint density at radius 1 is 1.40 bits per heavy atom. The van der Waals surface area contributed by atoms with E-state index in [-0.39, 0.29) is 16.6 Å². The van der Waals surface area contributed by atoms with Gasteiger partial charge in [0.05, 0.1) is 12.2 Å². The second kappa shape index (κ2) is 5.64. The maximum absolute atomic E-state index is 12.4. The Balaban J connectivity index is 2.19. The van der Waals surface area contributed by atoms with E-state index < -0.39 is 10.0 Å². The number of nitrogens with two attached hydrogens (primary N) is 1. The normalized spacial score (nSPS) is 13.3. The summed E-state index contributed by atoms with van der Waals surface area (Å²) in [6.45, 7) is 3.97. The number of anilines is 1. The molecule has 0 fully saturated rings. The van der Waals surface area contributed by atoms with Gasteiger partial charge in [0, 0.05) is 18.4 Å².